The predicted octanol–water partition coefficient (Wildman–Crippen LogP) is 3.81. The maximum absolute atomic E-state index is 6.05. The third-order valence-electron chi connectivity index (χ3n) is 2.91. The van der Waals surface area contributed by atoms with E-state index in [1.807, 2.05) is 18.2 Å². The molecule has 2 aromatic rings. The molecular formula is C16H19ClN2O. The van der Waals surface area contributed by atoms with Crippen LogP contribution >= 0.6 is 11.6 Å². The van der Waals surface area contributed by atoms with Crippen molar-refractivity contribution in [3.8, 4) is 5.75 Å². The zero-order chi connectivity index (χ0) is 14.2. The zero-order valence-corrected chi connectivity index (χ0v) is 12.4. The van der Waals surface area contributed by atoms with E-state index >= 15 is 0 Å². The van der Waals surface area contributed by atoms with Crippen molar-refractivity contribution >= 4 is 11.6 Å². The second kappa shape index (κ2) is 7.88. The summed E-state index contributed by atoms with van der Waals surface area (Å²) >= 11 is 6.05. The second-order valence-electron chi connectivity index (χ2n) is 4.58. The lowest BCUT2D eigenvalue weighted by Crippen LogP contribution is -2.13. The van der Waals surface area contributed by atoms with E-state index in [0.717, 1.165) is 30.8 Å². The number of rotatable bonds is 7. The molecule has 1 N–H and O–H groups in total. The zero-order valence-electron chi connectivity index (χ0n) is 11.6. The van der Waals surface area contributed by atoms with Gasteiger partial charge in [-0.25, -0.2) is 0 Å². The molecule has 0 aliphatic carbocycles. The van der Waals surface area contributed by atoms with Crippen LogP contribution in [-0.4, -0.2) is 11.5 Å². The van der Waals surface area contributed by atoms with Gasteiger partial charge in [0.2, 0.25) is 0 Å². The van der Waals surface area contributed by atoms with Crippen LogP contribution in [0.5, 0.6) is 5.75 Å². The number of nitrogens with zero attached hydrogens (tertiary/aromatic N) is 1. The number of benzene rings is 1. The first kappa shape index (κ1) is 14.8. The average molecular weight is 291 g/mol. The van der Waals surface area contributed by atoms with Crippen molar-refractivity contribution in [1.82, 2.24) is 10.3 Å². The van der Waals surface area contributed by atoms with Crippen molar-refractivity contribution in [2.24, 2.45) is 0 Å². The molecular weight excluding hydrogens is 272 g/mol. The minimum Gasteiger partial charge on any atom is -0.489 e. The fraction of sp³-hybridized carbons (Fsp3) is 0.312. The standard InChI is InChI=1S/C16H19ClN2O/c1-2-7-18-10-13-4-3-5-15(9-13)20-12-14-6-8-19-11-16(14)17/h3-6,8-9,11,18H,2,7,10,12H2,1H3. The van der Waals surface area contributed by atoms with Gasteiger partial charge in [0.25, 0.3) is 0 Å². The van der Waals surface area contributed by atoms with Crippen LogP contribution in [0.15, 0.2) is 42.7 Å². The van der Waals surface area contributed by atoms with Crippen molar-refractivity contribution in [1.29, 1.82) is 0 Å². The van der Waals surface area contributed by atoms with E-state index in [2.05, 4.69) is 29.4 Å². The Kier molecular flexibility index (Phi) is 5.84. The van der Waals surface area contributed by atoms with Gasteiger partial charge in [0.1, 0.15) is 12.4 Å². The largest absolute Gasteiger partial charge is 0.489 e. The molecule has 0 fully saturated rings. The third kappa shape index (κ3) is 4.51. The van der Waals surface area contributed by atoms with Crippen molar-refractivity contribution in [2.45, 2.75) is 26.5 Å². The molecule has 0 aliphatic rings. The third-order valence-corrected chi connectivity index (χ3v) is 3.25. The normalized spacial score (nSPS) is 10.5. The van der Waals surface area contributed by atoms with Gasteiger partial charge in [-0.2, -0.15) is 0 Å². The molecule has 1 heterocycles. The molecule has 0 bridgehead atoms. The smallest absolute Gasteiger partial charge is 0.120 e. The van der Waals surface area contributed by atoms with Gasteiger partial charge < -0.3 is 10.1 Å². The van der Waals surface area contributed by atoms with Crippen molar-refractivity contribution in [3.63, 3.8) is 0 Å². The van der Waals surface area contributed by atoms with Crippen molar-refractivity contribution in [2.75, 3.05) is 6.54 Å². The molecule has 1 aromatic heterocycles. The van der Waals surface area contributed by atoms with Crippen LogP contribution in [0.3, 0.4) is 0 Å². The quantitative estimate of drug-likeness (QED) is 0.787. The summed E-state index contributed by atoms with van der Waals surface area (Å²) in [6, 6.07) is 9.98. The lowest BCUT2D eigenvalue weighted by molar-refractivity contribution is 0.306. The summed E-state index contributed by atoms with van der Waals surface area (Å²) in [5, 5.41) is 4.01. The summed E-state index contributed by atoms with van der Waals surface area (Å²) < 4.78 is 5.78. The van der Waals surface area contributed by atoms with Crippen LogP contribution in [-0.2, 0) is 13.2 Å². The van der Waals surface area contributed by atoms with Crippen LogP contribution in [0.2, 0.25) is 5.02 Å². The number of hydrogen-bond donors (Lipinski definition) is 1. The molecule has 0 unspecified atom stereocenters. The number of nitrogens with one attached hydrogen (secondary N) is 1. The molecule has 0 amide bonds. The molecule has 0 spiro atoms. The van der Waals surface area contributed by atoms with E-state index in [4.69, 9.17) is 16.3 Å². The Morgan fingerprint density at radius 1 is 1.30 bits per heavy atom. The molecule has 0 saturated carbocycles. The van der Waals surface area contributed by atoms with E-state index in [-0.39, 0.29) is 0 Å². The molecule has 20 heavy (non-hydrogen) atoms. The molecule has 106 valence electrons. The van der Waals surface area contributed by atoms with E-state index in [1.165, 1.54) is 5.56 Å². The minimum atomic E-state index is 0.452. The van der Waals surface area contributed by atoms with Crippen LogP contribution in [0.25, 0.3) is 0 Å². The number of pyridine rings is 1. The number of aromatic nitrogens is 1. The highest BCUT2D eigenvalue weighted by atomic mass is 35.5. The minimum absolute atomic E-state index is 0.452. The Morgan fingerprint density at radius 3 is 3.00 bits per heavy atom. The molecule has 0 atom stereocenters. The number of ether oxygens (including phenoxy) is 1. The van der Waals surface area contributed by atoms with Crippen molar-refractivity contribution in [3.05, 3.63) is 58.9 Å². The van der Waals surface area contributed by atoms with Crippen LogP contribution < -0.4 is 10.1 Å². The highest BCUT2D eigenvalue weighted by Gasteiger charge is 2.02. The Balaban J connectivity index is 1.93. The van der Waals surface area contributed by atoms with E-state index < -0.39 is 0 Å². The predicted molar refractivity (Wildman–Crippen MR) is 82.0 cm³/mol. The van der Waals surface area contributed by atoms with E-state index in [1.54, 1.807) is 12.4 Å². The summed E-state index contributed by atoms with van der Waals surface area (Å²) in [4.78, 5) is 3.96. The van der Waals surface area contributed by atoms with Gasteiger partial charge >= 0.3 is 0 Å². The number of halogens is 1. The van der Waals surface area contributed by atoms with Gasteiger partial charge in [0.05, 0.1) is 5.02 Å². The first-order valence-electron chi connectivity index (χ1n) is 6.80. The van der Waals surface area contributed by atoms with Crippen molar-refractivity contribution < 1.29 is 4.74 Å². The summed E-state index contributed by atoms with van der Waals surface area (Å²) in [7, 11) is 0. The Bertz CT molecular complexity index is 546. The maximum Gasteiger partial charge on any atom is 0.120 e. The summed E-state index contributed by atoms with van der Waals surface area (Å²) in [6.45, 7) is 4.50. The second-order valence-corrected chi connectivity index (χ2v) is 4.99. The Labute approximate surface area is 124 Å². The monoisotopic (exact) mass is 290 g/mol. The molecule has 1 aromatic carbocycles. The van der Waals surface area contributed by atoms with E-state index in [9.17, 15) is 0 Å². The highest BCUT2D eigenvalue weighted by molar-refractivity contribution is 6.31. The van der Waals surface area contributed by atoms with Gasteiger partial charge in [-0.3, -0.25) is 4.98 Å². The number of hydrogen-bond acceptors (Lipinski definition) is 3. The molecule has 0 radical (unpaired) electrons. The molecule has 4 heteroatoms. The van der Waals surface area contributed by atoms with Gasteiger partial charge in [0, 0.05) is 24.5 Å². The highest BCUT2D eigenvalue weighted by Crippen LogP contribution is 2.18. The molecule has 3 nitrogen and oxygen atoms in total. The Hall–Kier alpha value is -1.58. The average Bonchev–Trinajstić information content (AvgIpc) is 2.47. The van der Waals surface area contributed by atoms with Gasteiger partial charge in [0.15, 0.2) is 0 Å². The Morgan fingerprint density at radius 2 is 2.20 bits per heavy atom. The molecule has 2 rings (SSSR count). The first-order valence-corrected chi connectivity index (χ1v) is 7.18. The van der Waals surface area contributed by atoms with Crippen LogP contribution in [0.4, 0.5) is 0 Å². The first-order chi connectivity index (χ1) is 9.79. The molecule has 0 saturated heterocycles. The van der Waals surface area contributed by atoms with Gasteiger partial charge in [-0.1, -0.05) is 30.7 Å². The van der Waals surface area contributed by atoms with Gasteiger partial charge in [-0.05, 0) is 36.7 Å². The maximum atomic E-state index is 6.05. The summed E-state index contributed by atoms with van der Waals surface area (Å²) in [5.41, 5.74) is 2.16. The lowest BCUT2D eigenvalue weighted by Gasteiger charge is -2.09. The van der Waals surface area contributed by atoms with Crippen LogP contribution in [0, 0.1) is 0 Å². The van der Waals surface area contributed by atoms with Crippen LogP contribution in [0.1, 0.15) is 24.5 Å². The fourth-order valence-electron chi connectivity index (χ4n) is 1.84. The fourth-order valence-corrected chi connectivity index (χ4v) is 2.01. The summed E-state index contributed by atoms with van der Waals surface area (Å²) in [5.74, 6) is 0.855. The lowest BCUT2D eigenvalue weighted by atomic mass is 10.2. The molecule has 0 aliphatic heterocycles. The van der Waals surface area contributed by atoms with Gasteiger partial charge in [-0.15, -0.1) is 0 Å². The van der Waals surface area contributed by atoms with E-state index in [0.29, 0.717) is 11.6 Å². The summed E-state index contributed by atoms with van der Waals surface area (Å²) in [6.07, 6.45) is 4.48. The topological polar surface area (TPSA) is 34.1 Å². The SMILES string of the molecule is CCCNCc1cccc(OCc2ccncc2Cl)c1.